The summed E-state index contributed by atoms with van der Waals surface area (Å²) in [6, 6.07) is 0. The van der Waals surface area contributed by atoms with E-state index in [0.29, 0.717) is 24.7 Å². The number of hydrogen-bond acceptors (Lipinski definition) is 1. The van der Waals surface area contributed by atoms with Crippen molar-refractivity contribution < 1.29 is 18.3 Å². The highest BCUT2D eigenvalue weighted by Crippen LogP contribution is 2.38. The van der Waals surface area contributed by atoms with Crippen LogP contribution in [-0.2, 0) is 0 Å². The van der Waals surface area contributed by atoms with Crippen LogP contribution in [-0.4, -0.2) is 17.4 Å². The molecule has 0 aromatic rings. The highest BCUT2D eigenvalue weighted by molar-refractivity contribution is 4.82. The predicted octanol–water partition coefficient (Wildman–Crippen LogP) is 3.37. The highest BCUT2D eigenvalue weighted by atomic mass is 19.4. The molecule has 0 radical (unpaired) electrons. The molecule has 1 unspecified atom stereocenters. The van der Waals surface area contributed by atoms with E-state index in [1.807, 2.05) is 0 Å². The summed E-state index contributed by atoms with van der Waals surface area (Å²) in [6.45, 7) is 4.20. The fourth-order valence-corrected chi connectivity index (χ4v) is 2.39. The Bertz CT molecular complexity index is 192. The van der Waals surface area contributed by atoms with Gasteiger partial charge in [0.1, 0.15) is 0 Å². The quantitative estimate of drug-likeness (QED) is 0.762. The van der Waals surface area contributed by atoms with Gasteiger partial charge >= 0.3 is 6.18 Å². The van der Waals surface area contributed by atoms with Crippen LogP contribution in [0.3, 0.4) is 0 Å². The summed E-state index contributed by atoms with van der Waals surface area (Å²) in [6.07, 6.45) is -3.93. The van der Waals surface area contributed by atoms with Gasteiger partial charge < -0.3 is 5.11 Å². The van der Waals surface area contributed by atoms with Crippen molar-refractivity contribution in [1.29, 1.82) is 0 Å². The van der Waals surface area contributed by atoms with Gasteiger partial charge in [-0.05, 0) is 43.4 Å². The number of hydrogen-bond donors (Lipinski definition) is 1. The monoisotopic (exact) mass is 224 g/mol. The van der Waals surface area contributed by atoms with Crippen LogP contribution in [0.1, 0.15) is 39.5 Å². The van der Waals surface area contributed by atoms with E-state index in [2.05, 4.69) is 13.8 Å². The van der Waals surface area contributed by atoms with Crippen molar-refractivity contribution in [3.05, 3.63) is 0 Å². The molecular formula is C11H19F3O. The maximum atomic E-state index is 12.2. The van der Waals surface area contributed by atoms with E-state index in [9.17, 15) is 13.2 Å². The van der Waals surface area contributed by atoms with E-state index < -0.39 is 18.2 Å². The standard InChI is InChI=1S/C11H19F3O/c1-7(2)8-3-5-9(6-4-8)10(15)11(12,13)14/h7-10,15H,3-6H2,1-2H3/t8-,9-,10?. The number of halogens is 3. The minimum Gasteiger partial charge on any atom is -0.383 e. The molecule has 90 valence electrons. The van der Waals surface area contributed by atoms with Crippen LogP contribution in [0.25, 0.3) is 0 Å². The average molecular weight is 224 g/mol. The summed E-state index contributed by atoms with van der Waals surface area (Å²) < 4.78 is 36.7. The van der Waals surface area contributed by atoms with Gasteiger partial charge in [-0.15, -0.1) is 0 Å². The zero-order chi connectivity index (χ0) is 11.6. The molecule has 0 heterocycles. The van der Waals surface area contributed by atoms with Gasteiger partial charge in [-0.25, -0.2) is 0 Å². The van der Waals surface area contributed by atoms with E-state index in [4.69, 9.17) is 5.11 Å². The Kier molecular flexibility index (Phi) is 4.04. The SMILES string of the molecule is CC(C)[C@H]1CC[C@H](C(O)C(F)(F)F)CC1. The zero-order valence-electron chi connectivity index (χ0n) is 9.22. The second-order valence-corrected chi connectivity index (χ2v) is 4.91. The summed E-state index contributed by atoms with van der Waals surface area (Å²) >= 11 is 0. The number of aliphatic hydroxyl groups is 1. The number of rotatable bonds is 2. The molecule has 0 amide bonds. The third-order valence-corrected chi connectivity index (χ3v) is 3.54. The molecule has 0 spiro atoms. The molecule has 4 heteroatoms. The third kappa shape index (κ3) is 3.37. The first-order valence-electron chi connectivity index (χ1n) is 5.57. The van der Waals surface area contributed by atoms with Gasteiger partial charge in [0.05, 0.1) is 0 Å². The lowest BCUT2D eigenvalue weighted by Gasteiger charge is -2.33. The van der Waals surface area contributed by atoms with Crippen molar-refractivity contribution in [2.45, 2.75) is 51.8 Å². The Balaban J connectivity index is 2.44. The van der Waals surface area contributed by atoms with Gasteiger partial charge in [0.2, 0.25) is 0 Å². The molecule has 1 atom stereocenters. The molecule has 1 aliphatic carbocycles. The molecule has 0 aromatic carbocycles. The van der Waals surface area contributed by atoms with Crippen molar-refractivity contribution in [3.8, 4) is 0 Å². The summed E-state index contributed by atoms with van der Waals surface area (Å²) in [5.41, 5.74) is 0. The average Bonchev–Trinajstić information content (AvgIpc) is 2.15. The summed E-state index contributed by atoms with van der Waals surface area (Å²) in [4.78, 5) is 0. The smallest absolute Gasteiger partial charge is 0.383 e. The Morgan fingerprint density at radius 3 is 1.73 bits per heavy atom. The van der Waals surface area contributed by atoms with E-state index in [1.54, 1.807) is 0 Å². The lowest BCUT2D eigenvalue weighted by molar-refractivity contribution is -0.223. The summed E-state index contributed by atoms with van der Waals surface area (Å²) in [7, 11) is 0. The van der Waals surface area contributed by atoms with Gasteiger partial charge in [0, 0.05) is 0 Å². The molecule has 0 aromatic heterocycles. The predicted molar refractivity (Wildman–Crippen MR) is 52.3 cm³/mol. The minimum atomic E-state index is -4.45. The van der Waals surface area contributed by atoms with Gasteiger partial charge in [-0.3, -0.25) is 0 Å². The Labute approximate surface area is 88.7 Å². The van der Waals surface area contributed by atoms with Gasteiger partial charge in [0.25, 0.3) is 0 Å². The number of aliphatic hydroxyl groups excluding tert-OH is 1. The van der Waals surface area contributed by atoms with Crippen LogP contribution in [0.15, 0.2) is 0 Å². The van der Waals surface area contributed by atoms with Crippen molar-refractivity contribution in [3.63, 3.8) is 0 Å². The van der Waals surface area contributed by atoms with E-state index >= 15 is 0 Å². The van der Waals surface area contributed by atoms with E-state index in [1.165, 1.54) is 0 Å². The van der Waals surface area contributed by atoms with Crippen LogP contribution in [0, 0.1) is 17.8 Å². The maximum absolute atomic E-state index is 12.2. The summed E-state index contributed by atoms with van der Waals surface area (Å²) in [5.74, 6) is 0.482. The Hall–Kier alpha value is -0.250. The molecule has 0 aliphatic heterocycles. The van der Waals surface area contributed by atoms with Crippen molar-refractivity contribution in [1.82, 2.24) is 0 Å². The lowest BCUT2D eigenvalue weighted by Crippen LogP contribution is -2.38. The van der Waals surface area contributed by atoms with Gasteiger partial charge in [-0.2, -0.15) is 13.2 Å². The fourth-order valence-electron chi connectivity index (χ4n) is 2.39. The van der Waals surface area contributed by atoms with Crippen LogP contribution >= 0.6 is 0 Å². The maximum Gasteiger partial charge on any atom is 0.414 e. The third-order valence-electron chi connectivity index (χ3n) is 3.54. The first kappa shape index (κ1) is 12.8. The molecule has 1 fully saturated rings. The molecule has 1 N–H and O–H groups in total. The topological polar surface area (TPSA) is 20.2 Å². The molecule has 1 saturated carbocycles. The Morgan fingerprint density at radius 1 is 1.00 bits per heavy atom. The minimum absolute atomic E-state index is 0.503. The van der Waals surface area contributed by atoms with E-state index in [-0.39, 0.29) is 0 Å². The van der Waals surface area contributed by atoms with Gasteiger partial charge in [0.15, 0.2) is 6.10 Å². The molecule has 15 heavy (non-hydrogen) atoms. The normalized spacial score (nSPS) is 30.6. The van der Waals surface area contributed by atoms with Crippen molar-refractivity contribution >= 4 is 0 Å². The second kappa shape index (κ2) is 4.73. The van der Waals surface area contributed by atoms with Crippen LogP contribution in [0.2, 0.25) is 0 Å². The first-order chi connectivity index (χ1) is 6.82. The molecule has 0 bridgehead atoms. The van der Waals surface area contributed by atoms with E-state index in [0.717, 1.165) is 12.8 Å². The second-order valence-electron chi connectivity index (χ2n) is 4.91. The fraction of sp³-hybridized carbons (Fsp3) is 1.00. The molecule has 1 nitrogen and oxygen atoms in total. The molecular weight excluding hydrogens is 205 g/mol. The van der Waals surface area contributed by atoms with Gasteiger partial charge in [-0.1, -0.05) is 13.8 Å². The zero-order valence-corrected chi connectivity index (χ0v) is 9.22. The largest absolute Gasteiger partial charge is 0.414 e. The van der Waals surface area contributed by atoms with Crippen LogP contribution < -0.4 is 0 Å². The first-order valence-corrected chi connectivity index (χ1v) is 5.57. The highest BCUT2D eigenvalue weighted by Gasteiger charge is 2.44. The molecule has 1 aliphatic rings. The number of alkyl halides is 3. The van der Waals surface area contributed by atoms with Crippen molar-refractivity contribution in [2.24, 2.45) is 17.8 Å². The van der Waals surface area contributed by atoms with Crippen molar-refractivity contribution in [2.75, 3.05) is 0 Å². The lowest BCUT2D eigenvalue weighted by atomic mass is 9.75. The Morgan fingerprint density at radius 2 is 1.40 bits per heavy atom. The van der Waals surface area contributed by atoms with Crippen LogP contribution in [0.5, 0.6) is 0 Å². The molecule has 0 saturated heterocycles. The molecule has 1 rings (SSSR count). The van der Waals surface area contributed by atoms with Crippen LogP contribution in [0.4, 0.5) is 13.2 Å². The summed E-state index contributed by atoms with van der Waals surface area (Å²) in [5, 5.41) is 9.11.